The summed E-state index contributed by atoms with van der Waals surface area (Å²) in [6, 6.07) is 9.88. The van der Waals surface area contributed by atoms with Gasteiger partial charge in [0.2, 0.25) is 0 Å². The van der Waals surface area contributed by atoms with Crippen LogP contribution in [0.3, 0.4) is 0 Å². The molecule has 0 fully saturated rings. The van der Waals surface area contributed by atoms with Gasteiger partial charge in [0, 0.05) is 48.7 Å². The zero-order valence-corrected chi connectivity index (χ0v) is 18.6. The molecule has 0 saturated heterocycles. The van der Waals surface area contributed by atoms with E-state index in [0.29, 0.717) is 50.7 Å². The maximum atomic E-state index is 13.8. The first kappa shape index (κ1) is 17.8. The molecule has 3 aromatic rings. The number of allylic oxidation sites excluding steroid dienone is 1. The molecule has 0 aliphatic heterocycles. The molecule has 0 aliphatic carbocycles. The topological polar surface area (TPSA) is 78.3 Å². The van der Waals surface area contributed by atoms with Crippen LogP contribution in [0.2, 0.25) is 0 Å². The van der Waals surface area contributed by atoms with Crippen LogP contribution in [-0.4, -0.2) is 42.8 Å². The van der Waals surface area contributed by atoms with Crippen LogP contribution in [0.25, 0.3) is 10.9 Å². The van der Waals surface area contributed by atoms with E-state index in [-0.39, 0.29) is 17.8 Å². The summed E-state index contributed by atoms with van der Waals surface area (Å²) < 4.78 is 57.6. The van der Waals surface area contributed by atoms with Crippen LogP contribution in [-0.2, 0) is 11.2 Å². The van der Waals surface area contributed by atoms with Crippen molar-refractivity contribution >= 4 is 28.1 Å². The third-order valence-corrected chi connectivity index (χ3v) is 4.80. The predicted molar refractivity (Wildman–Crippen MR) is 128 cm³/mol. The third kappa shape index (κ3) is 5.93. The Morgan fingerprint density at radius 3 is 2.94 bits per heavy atom. The van der Waals surface area contributed by atoms with Crippen molar-refractivity contribution in [2.75, 3.05) is 32.4 Å². The number of pyridine rings is 1. The average Bonchev–Trinajstić information content (AvgIpc) is 2.85. The molecule has 0 saturated carbocycles. The summed E-state index contributed by atoms with van der Waals surface area (Å²) in [5.41, 5.74) is 2.61. The monoisotopic (exact) mass is 451 g/mol. The average molecular weight is 452 g/mol. The number of carbonyl (C=O) groups is 1. The van der Waals surface area contributed by atoms with Crippen LogP contribution >= 0.6 is 0 Å². The fourth-order valence-electron chi connectivity index (χ4n) is 3.27. The van der Waals surface area contributed by atoms with Gasteiger partial charge in [-0.25, -0.2) is 4.39 Å². The Morgan fingerprint density at radius 1 is 1.42 bits per heavy atom. The van der Waals surface area contributed by atoms with E-state index < -0.39 is 19.3 Å². The lowest BCUT2D eigenvalue weighted by Crippen LogP contribution is -2.11. The molecule has 0 bridgehead atoms. The number of aromatic nitrogens is 1. The van der Waals surface area contributed by atoms with Gasteiger partial charge in [0.25, 0.3) is 0 Å². The highest BCUT2D eigenvalue weighted by Gasteiger charge is 2.16. The molecule has 0 spiro atoms. The lowest BCUT2D eigenvalue weighted by molar-refractivity contribution is -0.114. The second kappa shape index (κ2) is 10.7. The first-order valence-corrected chi connectivity index (χ1v) is 10.2. The van der Waals surface area contributed by atoms with Gasteiger partial charge in [0.1, 0.15) is 17.6 Å². The van der Waals surface area contributed by atoms with Crippen molar-refractivity contribution in [3.63, 3.8) is 0 Å². The molecule has 0 radical (unpaired) electrons. The van der Waals surface area contributed by atoms with Crippen molar-refractivity contribution in [3.8, 4) is 11.8 Å². The van der Waals surface area contributed by atoms with E-state index >= 15 is 0 Å². The van der Waals surface area contributed by atoms with Crippen molar-refractivity contribution in [3.05, 3.63) is 71.2 Å². The Morgan fingerprint density at radius 2 is 2.24 bits per heavy atom. The number of halogens is 1. The van der Waals surface area contributed by atoms with Gasteiger partial charge in [0.15, 0.2) is 5.78 Å². The minimum Gasteiger partial charge on any atom is -0.494 e. The molecule has 7 heteroatoms. The molecule has 170 valence electrons. The summed E-state index contributed by atoms with van der Waals surface area (Å²) >= 11 is 0. The van der Waals surface area contributed by atoms with Crippen LogP contribution in [0.4, 0.5) is 15.8 Å². The number of aryl methyl sites for hydroxylation is 1. The molecule has 33 heavy (non-hydrogen) atoms. The zero-order chi connectivity index (χ0) is 28.3. The summed E-state index contributed by atoms with van der Waals surface area (Å²) in [7, 11) is 1.11. The predicted octanol–water partition coefficient (Wildman–Crippen LogP) is 4.93. The Balaban J connectivity index is 2.03. The number of nitrogens with one attached hydrogen (secondary N) is 1. The molecular formula is C26H27FN4O2. The van der Waals surface area contributed by atoms with E-state index in [1.165, 1.54) is 12.3 Å². The number of nitrogens with zero attached hydrogens (tertiary/aromatic N) is 3. The SMILES string of the molecule is [2H]C([2H])([2H])N(C)C([2H])([2H])/C=C/C(=O)Cc1cc2c(Nc3ccc(F)c(C)c3)c(C#N)cnc2cc1OCC. The third-order valence-electron chi connectivity index (χ3n) is 4.80. The zero-order valence-electron chi connectivity index (χ0n) is 23.6. The lowest BCUT2D eigenvalue weighted by atomic mass is 10.0. The maximum absolute atomic E-state index is 13.8. The number of hydrogen-bond donors (Lipinski definition) is 1. The summed E-state index contributed by atoms with van der Waals surface area (Å²) in [6.07, 6.45) is 3.14. The number of carbonyl (C=O) groups excluding carboxylic acids is 1. The molecular weight excluding hydrogens is 419 g/mol. The minimum absolute atomic E-state index is 0.179. The van der Waals surface area contributed by atoms with Crippen LogP contribution in [0.1, 0.15) is 30.5 Å². The van der Waals surface area contributed by atoms with Gasteiger partial charge in [-0.1, -0.05) is 6.08 Å². The molecule has 6 nitrogen and oxygen atoms in total. The number of nitriles is 1. The fourth-order valence-corrected chi connectivity index (χ4v) is 3.27. The number of likely N-dealkylation sites (N-methyl/N-ethyl adjacent to an activating group) is 1. The number of ketones is 1. The Hall–Kier alpha value is -3.76. The van der Waals surface area contributed by atoms with Gasteiger partial charge in [-0.05, 0) is 63.8 Å². The Bertz CT molecular complexity index is 1430. The normalized spacial score (nSPS) is 14.2. The number of rotatable bonds is 9. The molecule has 0 atom stereocenters. The number of ether oxygens (including phenoxy) is 1. The van der Waals surface area contributed by atoms with Crippen LogP contribution < -0.4 is 10.1 Å². The molecule has 0 unspecified atom stereocenters. The first-order valence-electron chi connectivity index (χ1n) is 12.7. The fraction of sp³-hybridized carbons (Fsp3) is 0.269. The van der Waals surface area contributed by atoms with Gasteiger partial charge in [0.05, 0.1) is 23.4 Å². The van der Waals surface area contributed by atoms with E-state index in [2.05, 4.69) is 16.4 Å². The number of fused-ring (bicyclic) bond motifs is 1. The second-order valence-electron chi connectivity index (χ2n) is 7.32. The highest BCUT2D eigenvalue weighted by atomic mass is 19.1. The maximum Gasteiger partial charge on any atom is 0.159 e. The van der Waals surface area contributed by atoms with E-state index in [1.54, 1.807) is 38.1 Å². The Kier molecular flexibility index (Phi) is 5.76. The van der Waals surface area contributed by atoms with E-state index in [0.717, 1.165) is 19.2 Å². The second-order valence-corrected chi connectivity index (χ2v) is 7.32. The highest BCUT2D eigenvalue weighted by molar-refractivity contribution is 5.98. The quantitative estimate of drug-likeness (QED) is 0.465. The molecule has 1 aromatic heterocycles. The molecule has 1 heterocycles. The number of anilines is 2. The van der Waals surface area contributed by atoms with E-state index in [1.807, 2.05) is 0 Å². The smallest absolute Gasteiger partial charge is 0.159 e. The van der Waals surface area contributed by atoms with Gasteiger partial charge >= 0.3 is 0 Å². The van der Waals surface area contributed by atoms with Crippen molar-refractivity contribution in [2.24, 2.45) is 0 Å². The summed E-state index contributed by atoms with van der Waals surface area (Å²) in [5, 5.41) is 13.4. The summed E-state index contributed by atoms with van der Waals surface area (Å²) in [6.45, 7) is -1.35. The largest absolute Gasteiger partial charge is 0.494 e. The molecule has 3 rings (SSSR count). The summed E-state index contributed by atoms with van der Waals surface area (Å²) in [5.74, 6) is -0.452. The van der Waals surface area contributed by atoms with Crippen LogP contribution in [0.15, 0.2) is 48.7 Å². The van der Waals surface area contributed by atoms with Crippen LogP contribution in [0, 0.1) is 24.1 Å². The Labute approximate surface area is 200 Å². The molecule has 0 amide bonds. The van der Waals surface area contributed by atoms with Gasteiger partial charge in [-0.2, -0.15) is 5.26 Å². The van der Waals surface area contributed by atoms with Crippen molar-refractivity contribution in [2.45, 2.75) is 20.3 Å². The van der Waals surface area contributed by atoms with Crippen LogP contribution in [0.5, 0.6) is 5.75 Å². The van der Waals surface area contributed by atoms with Gasteiger partial charge < -0.3 is 15.0 Å². The first-order chi connectivity index (χ1) is 17.8. The standard InChI is InChI=1S/C26H27FN4O2/c1-5-33-25-14-24-22(13-18(25)12-21(32)7-6-10-31(3)4)26(19(15-28)16-29-24)30-20-8-9-23(27)17(2)11-20/h6-9,11,13-14,16H,5,10,12H2,1-4H3,(H,29,30)/b7-6+/i3D3,10D2. The number of benzene rings is 2. The van der Waals surface area contributed by atoms with E-state index in [9.17, 15) is 14.4 Å². The summed E-state index contributed by atoms with van der Waals surface area (Å²) in [4.78, 5) is 17.7. The number of hydrogen-bond acceptors (Lipinski definition) is 6. The minimum atomic E-state index is -2.69. The molecule has 2 aromatic carbocycles. The van der Waals surface area contributed by atoms with E-state index in [4.69, 9.17) is 11.6 Å². The molecule has 0 aliphatic rings. The highest BCUT2D eigenvalue weighted by Crippen LogP contribution is 2.34. The van der Waals surface area contributed by atoms with Crippen molar-refractivity contribution in [1.29, 1.82) is 5.26 Å². The molecule has 1 N–H and O–H groups in total. The van der Waals surface area contributed by atoms with Crippen molar-refractivity contribution < 1.29 is 20.8 Å². The lowest BCUT2D eigenvalue weighted by Gasteiger charge is -2.15. The van der Waals surface area contributed by atoms with Crippen molar-refractivity contribution in [1.82, 2.24) is 9.88 Å². The van der Waals surface area contributed by atoms with Gasteiger partial charge in [-0.15, -0.1) is 0 Å². The van der Waals surface area contributed by atoms with Gasteiger partial charge in [-0.3, -0.25) is 9.78 Å².